The van der Waals surface area contributed by atoms with E-state index in [1.165, 1.54) is 54.6 Å². The number of hydrogen-bond donors (Lipinski definition) is 7. The molecular formula is C34H25N13O8. The van der Waals surface area contributed by atoms with E-state index >= 15 is 0 Å². The number of nitrogen functional groups attached to an aromatic ring is 1. The average molecular weight is 744 g/mol. The molecule has 274 valence electrons. The molecule has 21 heteroatoms. The standard InChI is InChI=1S/C34H25N13O8/c1-16-27(42-43-29-21(14-35)15-38-46(29)24-11-19(32(52)53)10-20(12-24)33(54)55)28(36)47(44-16)34-40-25(39-22-6-2-17(3-7-22)30(48)49)13-26(41-34)45(37)23-8-4-18(5-9-23)31(50)51/h2-13,15H,36-37H2,1H3,(H,48,49)(H,50,51)(H,52,53)(H,54,55)(H,39,40,41). The lowest BCUT2D eigenvalue weighted by molar-refractivity contribution is 0.0680. The van der Waals surface area contributed by atoms with Crippen molar-refractivity contribution in [2.75, 3.05) is 16.1 Å². The van der Waals surface area contributed by atoms with E-state index in [1.807, 2.05) is 6.07 Å². The number of nitrogens with two attached hydrogens (primary N) is 2. The van der Waals surface area contributed by atoms with Crippen molar-refractivity contribution in [1.29, 1.82) is 5.26 Å². The summed E-state index contributed by atoms with van der Waals surface area (Å²) in [7, 11) is 0. The molecule has 0 atom stereocenters. The fraction of sp³-hybridized carbons (Fsp3) is 0.0294. The number of hydrazine groups is 1. The number of carbonyl (C=O) groups is 4. The van der Waals surface area contributed by atoms with Gasteiger partial charge >= 0.3 is 23.9 Å². The lowest BCUT2D eigenvalue weighted by Crippen LogP contribution is -2.27. The van der Waals surface area contributed by atoms with Gasteiger partial charge in [0.2, 0.25) is 0 Å². The number of aromatic carboxylic acids is 4. The Morgan fingerprint density at radius 2 is 1.38 bits per heavy atom. The third-order valence-corrected chi connectivity index (χ3v) is 7.76. The number of aromatic nitrogens is 6. The molecule has 55 heavy (non-hydrogen) atoms. The number of nitrogens with one attached hydrogen (secondary N) is 1. The maximum absolute atomic E-state index is 11.7. The first-order valence-corrected chi connectivity index (χ1v) is 15.5. The molecule has 0 aliphatic rings. The lowest BCUT2D eigenvalue weighted by Gasteiger charge is -2.19. The van der Waals surface area contributed by atoms with Gasteiger partial charge in [-0.05, 0) is 73.7 Å². The fourth-order valence-corrected chi connectivity index (χ4v) is 5.04. The number of benzene rings is 3. The summed E-state index contributed by atoms with van der Waals surface area (Å²) >= 11 is 0. The van der Waals surface area contributed by atoms with Gasteiger partial charge in [0.1, 0.15) is 17.5 Å². The predicted molar refractivity (Wildman–Crippen MR) is 191 cm³/mol. The van der Waals surface area contributed by atoms with Crippen LogP contribution in [0.4, 0.5) is 40.3 Å². The van der Waals surface area contributed by atoms with Crippen LogP contribution < -0.4 is 21.9 Å². The Labute approximate surface area is 307 Å². The zero-order valence-corrected chi connectivity index (χ0v) is 28.1. The molecule has 0 bridgehead atoms. The van der Waals surface area contributed by atoms with Gasteiger partial charge in [-0.1, -0.05) is 0 Å². The zero-order chi connectivity index (χ0) is 39.6. The summed E-state index contributed by atoms with van der Waals surface area (Å²) in [6.45, 7) is 1.55. The molecule has 6 aromatic rings. The molecular weight excluding hydrogens is 718 g/mol. The molecule has 0 saturated carbocycles. The lowest BCUT2D eigenvalue weighted by atomic mass is 10.1. The second kappa shape index (κ2) is 14.6. The number of aryl methyl sites for hydroxylation is 1. The number of nitriles is 1. The van der Waals surface area contributed by atoms with E-state index in [0.717, 1.165) is 38.8 Å². The Balaban J connectivity index is 1.42. The number of nitrogens with zero attached hydrogens (tertiary/aromatic N) is 10. The molecule has 0 fully saturated rings. The summed E-state index contributed by atoms with van der Waals surface area (Å²) in [5.41, 5.74) is 6.78. The van der Waals surface area contributed by atoms with Crippen molar-refractivity contribution in [2.45, 2.75) is 6.92 Å². The normalized spacial score (nSPS) is 10.9. The predicted octanol–water partition coefficient (Wildman–Crippen LogP) is 4.57. The highest BCUT2D eigenvalue weighted by molar-refractivity contribution is 5.95. The number of hydrogen-bond acceptors (Lipinski definition) is 15. The summed E-state index contributed by atoms with van der Waals surface area (Å²) in [5, 5.41) is 68.5. The second-order valence-electron chi connectivity index (χ2n) is 11.4. The number of anilines is 5. The molecule has 3 heterocycles. The van der Waals surface area contributed by atoms with Crippen molar-refractivity contribution in [1.82, 2.24) is 29.5 Å². The fourth-order valence-electron chi connectivity index (χ4n) is 5.04. The monoisotopic (exact) mass is 743 g/mol. The highest BCUT2D eigenvalue weighted by Crippen LogP contribution is 2.33. The van der Waals surface area contributed by atoms with Crippen molar-refractivity contribution in [2.24, 2.45) is 16.1 Å². The molecule has 0 aliphatic carbocycles. The van der Waals surface area contributed by atoms with E-state index in [-0.39, 0.29) is 74.1 Å². The number of azo groups is 1. The molecule has 6 rings (SSSR count). The number of carboxylic acid groups (broad SMARTS) is 4. The molecule has 0 radical (unpaired) electrons. The highest BCUT2D eigenvalue weighted by Gasteiger charge is 2.21. The first-order chi connectivity index (χ1) is 26.2. The molecule has 3 aromatic heterocycles. The van der Waals surface area contributed by atoms with Gasteiger partial charge in [0.05, 0.1) is 45.5 Å². The highest BCUT2D eigenvalue weighted by atomic mass is 16.4. The summed E-state index contributed by atoms with van der Waals surface area (Å²) in [4.78, 5) is 55.2. The van der Waals surface area contributed by atoms with Gasteiger partial charge in [0.15, 0.2) is 23.1 Å². The van der Waals surface area contributed by atoms with E-state index in [1.54, 1.807) is 6.92 Å². The van der Waals surface area contributed by atoms with Crippen LogP contribution in [-0.4, -0.2) is 73.8 Å². The van der Waals surface area contributed by atoms with Crippen LogP contribution in [0.3, 0.4) is 0 Å². The van der Waals surface area contributed by atoms with Crippen molar-refractivity contribution in [3.05, 3.63) is 113 Å². The van der Waals surface area contributed by atoms with Crippen LogP contribution in [0.1, 0.15) is 52.7 Å². The van der Waals surface area contributed by atoms with Gasteiger partial charge < -0.3 is 31.5 Å². The first-order valence-electron chi connectivity index (χ1n) is 15.5. The summed E-state index contributed by atoms with van der Waals surface area (Å²) < 4.78 is 2.18. The van der Waals surface area contributed by atoms with E-state index in [9.17, 15) is 44.9 Å². The summed E-state index contributed by atoms with van der Waals surface area (Å²) in [6.07, 6.45) is 1.14. The molecule has 9 N–H and O–H groups in total. The zero-order valence-electron chi connectivity index (χ0n) is 28.1. The Bertz CT molecular complexity index is 2560. The van der Waals surface area contributed by atoms with Gasteiger partial charge in [-0.15, -0.1) is 10.2 Å². The Morgan fingerprint density at radius 1 is 0.800 bits per heavy atom. The van der Waals surface area contributed by atoms with Gasteiger partial charge in [-0.3, -0.25) is 5.01 Å². The quantitative estimate of drug-likeness (QED) is 0.0512. The molecule has 21 nitrogen and oxygen atoms in total. The van der Waals surface area contributed by atoms with Crippen LogP contribution >= 0.6 is 0 Å². The smallest absolute Gasteiger partial charge is 0.335 e. The van der Waals surface area contributed by atoms with E-state index < -0.39 is 23.9 Å². The number of carboxylic acids is 4. The first kappa shape index (κ1) is 36.3. The maximum atomic E-state index is 11.7. The van der Waals surface area contributed by atoms with Crippen molar-refractivity contribution < 1.29 is 39.6 Å². The van der Waals surface area contributed by atoms with Crippen molar-refractivity contribution >= 4 is 64.2 Å². The topological polar surface area (TPSA) is 326 Å². The Kier molecular flexibility index (Phi) is 9.64. The van der Waals surface area contributed by atoms with Crippen LogP contribution in [0.2, 0.25) is 0 Å². The SMILES string of the molecule is Cc1nn(-c2nc(Nc3ccc(C(=O)O)cc3)cc(N(N)c3ccc(C(=O)O)cc3)n2)c(N)c1N=Nc1c(C#N)cnn1-c1cc(C(=O)O)cc(C(=O)O)c1. The summed E-state index contributed by atoms with van der Waals surface area (Å²) in [6, 6.07) is 18.1. The van der Waals surface area contributed by atoms with Crippen molar-refractivity contribution in [3.8, 4) is 17.7 Å². The van der Waals surface area contributed by atoms with E-state index in [2.05, 4.69) is 35.7 Å². The van der Waals surface area contributed by atoms with E-state index in [4.69, 9.17) is 11.6 Å². The molecule has 0 amide bonds. The molecule has 0 unspecified atom stereocenters. The molecule has 0 spiro atoms. The van der Waals surface area contributed by atoms with E-state index in [0.29, 0.717) is 11.4 Å². The van der Waals surface area contributed by atoms with Crippen LogP contribution in [-0.2, 0) is 0 Å². The molecule has 3 aromatic carbocycles. The number of rotatable bonds is 12. The van der Waals surface area contributed by atoms with Crippen LogP contribution in [0.25, 0.3) is 11.6 Å². The minimum atomic E-state index is -1.40. The maximum Gasteiger partial charge on any atom is 0.335 e. The Hall–Kier alpha value is -8.51. The largest absolute Gasteiger partial charge is 0.478 e. The average Bonchev–Trinajstić information content (AvgIpc) is 3.72. The third-order valence-electron chi connectivity index (χ3n) is 7.76. The van der Waals surface area contributed by atoms with Gasteiger partial charge in [-0.2, -0.15) is 30.1 Å². The minimum Gasteiger partial charge on any atom is -0.478 e. The van der Waals surface area contributed by atoms with Gasteiger partial charge in [0, 0.05) is 11.8 Å². The van der Waals surface area contributed by atoms with Crippen LogP contribution in [0, 0.1) is 18.3 Å². The van der Waals surface area contributed by atoms with Crippen LogP contribution in [0.5, 0.6) is 0 Å². The minimum absolute atomic E-state index is 0.00351. The van der Waals surface area contributed by atoms with Crippen molar-refractivity contribution in [3.63, 3.8) is 0 Å². The second-order valence-corrected chi connectivity index (χ2v) is 11.4. The molecule has 0 saturated heterocycles. The third kappa shape index (κ3) is 7.45. The van der Waals surface area contributed by atoms with Gasteiger partial charge in [0.25, 0.3) is 5.95 Å². The van der Waals surface area contributed by atoms with Gasteiger partial charge in [-0.25, -0.2) is 29.7 Å². The van der Waals surface area contributed by atoms with Crippen LogP contribution in [0.15, 0.2) is 89.2 Å². The summed E-state index contributed by atoms with van der Waals surface area (Å²) in [5.74, 6) is 1.19. The molecule has 0 aliphatic heterocycles. The Morgan fingerprint density at radius 3 is 1.95 bits per heavy atom.